The van der Waals surface area contributed by atoms with Crippen molar-refractivity contribution in [3.63, 3.8) is 0 Å². The Morgan fingerprint density at radius 2 is 1.84 bits per heavy atom. The van der Waals surface area contributed by atoms with E-state index in [4.69, 9.17) is 4.74 Å². The largest absolute Gasteiger partial charge is 0.489 e. The molecule has 0 unspecified atom stereocenters. The summed E-state index contributed by atoms with van der Waals surface area (Å²) < 4.78 is 18.7. The number of halogens is 1. The molecule has 0 aliphatic carbocycles. The van der Waals surface area contributed by atoms with E-state index < -0.39 is 16.6 Å². The fourth-order valence-corrected chi connectivity index (χ4v) is 2.62. The van der Waals surface area contributed by atoms with Gasteiger partial charge < -0.3 is 10.1 Å². The zero-order valence-electron chi connectivity index (χ0n) is 16.1. The number of non-ortho nitro benzene ring substituents is 1. The first-order chi connectivity index (χ1) is 14.9. The molecule has 8 heteroatoms. The van der Waals surface area contributed by atoms with E-state index >= 15 is 0 Å². The molecule has 0 saturated carbocycles. The third kappa shape index (κ3) is 5.98. The zero-order chi connectivity index (χ0) is 22.2. The van der Waals surface area contributed by atoms with Crippen molar-refractivity contribution >= 4 is 23.4 Å². The Kier molecular flexibility index (Phi) is 6.71. The van der Waals surface area contributed by atoms with Crippen LogP contribution < -0.4 is 10.1 Å². The van der Waals surface area contributed by atoms with E-state index in [-0.39, 0.29) is 17.9 Å². The van der Waals surface area contributed by atoms with Crippen LogP contribution in [0.15, 0.2) is 78.4 Å². The third-order valence-electron chi connectivity index (χ3n) is 4.19. The Morgan fingerprint density at radius 3 is 2.48 bits per heavy atom. The van der Waals surface area contributed by atoms with Crippen molar-refractivity contribution in [3.8, 4) is 11.8 Å². The molecule has 0 aliphatic heterocycles. The molecule has 0 radical (unpaired) electrons. The van der Waals surface area contributed by atoms with Crippen molar-refractivity contribution in [1.82, 2.24) is 0 Å². The van der Waals surface area contributed by atoms with Gasteiger partial charge in [0, 0.05) is 17.8 Å². The molecule has 0 fully saturated rings. The maximum absolute atomic E-state index is 13.0. The molecule has 3 aromatic rings. The van der Waals surface area contributed by atoms with Gasteiger partial charge in [0.1, 0.15) is 29.8 Å². The van der Waals surface area contributed by atoms with Crippen molar-refractivity contribution in [2.45, 2.75) is 6.61 Å². The summed E-state index contributed by atoms with van der Waals surface area (Å²) >= 11 is 0. The molecular weight excluding hydrogens is 401 g/mol. The van der Waals surface area contributed by atoms with Crippen LogP contribution in [0.5, 0.6) is 5.75 Å². The van der Waals surface area contributed by atoms with Crippen molar-refractivity contribution in [2.75, 3.05) is 5.32 Å². The SMILES string of the molecule is N#C/C(=C/c1cccc(OCc2ccc([N+](=O)[O-])cc2)c1)C(=O)Nc1ccc(F)cc1. The Balaban J connectivity index is 1.68. The lowest BCUT2D eigenvalue weighted by molar-refractivity contribution is -0.384. The Bertz CT molecular complexity index is 1170. The Hall–Kier alpha value is -4.51. The summed E-state index contributed by atoms with van der Waals surface area (Å²) in [5.41, 5.74) is 1.57. The van der Waals surface area contributed by atoms with Gasteiger partial charge in [0.05, 0.1) is 4.92 Å². The number of nitro benzene ring substituents is 1. The van der Waals surface area contributed by atoms with Gasteiger partial charge in [-0.25, -0.2) is 4.39 Å². The number of rotatable bonds is 7. The van der Waals surface area contributed by atoms with Crippen molar-refractivity contribution in [2.24, 2.45) is 0 Å². The molecule has 1 N–H and O–H groups in total. The Labute approximate surface area is 177 Å². The lowest BCUT2D eigenvalue weighted by atomic mass is 10.1. The van der Waals surface area contributed by atoms with Crippen LogP contribution in [-0.4, -0.2) is 10.8 Å². The van der Waals surface area contributed by atoms with Crippen LogP contribution in [0, 0.1) is 27.3 Å². The summed E-state index contributed by atoms with van der Waals surface area (Å²) in [7, 11) is 0. The molecule has 0 spiro atoms. The van der Waals surface area contributed by atoms with Gasteiger partial charge in [0.15, 0.2) is 0 Å². The van der Waals surface area contributed by atoms with Crippen LogP contribution in [0.25, 0.3) is 6.08 Å². The van der Waals surface area contributed by atoms with Gasteiger partial charge >= 0.3 is 0 Å². The van der Waals surface area contributed by atoms with Crippen molar-refractivity contribution in [1.29, 1.82) is 5.26 Å². The van der Waals surface area contributed by atoms with Crippen LogP contribution in [0.3, 0.4) is 0 Å². The number of nitrogens with one attached hydrogen (secondary N) is 1. The van der Waals surface area contributed by atoms with Gasteiger partial charge in [-0.2, -0.15) is 5.26 Å². The first-order valence-corrected chi connectivity index (χ1v) is 9.09. The predicted molar refractivity (Wildman–Crippen MR) is 112 cm³/mol. The zero-order valence-corrected chi connectivity index (χ0v) is 16.1. The summed E-state index contributed by atoms with van der Waals surface area (Å²) in [5.74, 6) is -0.547. The minimum Gasteiger partial charge on any atom is -0.489 e. The summed E-state index contributed by atoms with van der Waals surface area (Å²) in [4.78, 5) is 22.6. The Morgan fingerprint density at radius 1 is 1.13 bits per heavy atom. The average molecular weight is 417 g/mol. The summed E-state index contributed by atoms with van der Waals surface area (Å²) in [6, 6.07) is 19.9. The molecule has 1 amide bonds. The lowest BCUT2D eigenvalue weighted by Gasteiger charge is -2.08. The standard InChI is InChI=1S/C23H16FN3O4/c24-19-6-8-20(9-7-19)26-23(28)18(14-25)12-17-2-1-3-22(13-17)31-15-16-4-10-21(11-5-16)27(29)30/h1-13H,15H2,(H,26,28)/b18-12-. The lowest BCUT2D eigenvalue weighted by Crippen LogP contribution is -2.13. The summed E-state index contributed by atoms with van der Waals surface area (Å²) in [6.07, 6.45) is 1.41. The summed E-state index contributed by atoms with van der Waals surface area (Å²) in [6.45, 7) is 0.196. The van der Waals surface area contributed by atoms with Crippen LogP contribution in [0.2, 0.25) is 0 Å². The fourth-order valence-electron chi connectivity index (χ4n) is 2.62. The van der Waals surface area contributed by atoms with Crippen LogP contribution >= 0.6 is 0 Å². The number of amides is 1. The monoisotopic (exact) mass is 417 g/mol. The summed E-state index contributed by atoms with van der Waals surface area (Å²) in [5, 5.41) is 22.6. The van der Waals surface area contributed by atoms with Gasteiger partial charge in [0.25, 0.3) is 11.6 Å². The first kappa shape index (κ1) is 21.2. The minimum atomic E-state index is -0.619. The third-order valence-corrected chi connectivity index (χ3v) is 4.19. The number of anilines is 1. The maximum atomic E-state index is 13.0. The van der Waals surface area contributed by atoms with Crippen LogP contribution in [0.4, 0.5) is 15.8 Å². The molecule has 0 aromatic heterocycles. The highest BCUT2D eigenvalue weighted by Crippen LogP contribution is 2.19. The van der Waals surface area contributed by atoms with Crippen molar-refractivity contribution in [3.05, 3.63) is 105 Å². The number of nitro groups is 1. The normalized spacial score (nSPS) is 10.8. The van der Waals surface area contributed by atoms with Crippen molar-refractivity contribution < 1.29 is 18.8 Å². The second-order valence-corrected chi connectivity index (χ2v) is 6.42. The number of carbonyl (C=O) groups is 1. The maximum Gasteiger partial charge on any atom is 0.269 e. The number of carbonyl (C=O) groups excluding carboxylic acids is 1. The van der Waals surface area contributed by atoms with Gasteiger partial charge in [-0.3, -0.25) is 14.9 Å². The number of nitrogens with zero attached hydrogens (tertiary/aromatic N) is 2. The molecule has 0 saturated heterocycles. The fraction of sp³-hybridized carbons (Fsp3) is 0.0435. The molecule has 3 rings (SSSR count). The second kappa shape index (κ2) is 9.80. The number of hydrogen-bond acceptors (Lipinski definition) is 5. The van der Waals surface area contributed by atoms with E-state index in [0.717, 1.165) is 5.56 Å². The van der Waals surface area contributed by atoms with E-state index in [9.17, 15) is 24.6 Å². The van der Waals surface area contributed by atoms with E-state index in [1.807, 2.05) is 6.07 Å². The molecule has 0 heterocycles. The molecule has 7 nitrogen and oxygen atoms in total. The van der Waals surface area contributed by atoms with E-state index in [1.54, 1.807) is 36.4 Å². The molecule has 0 bridgehead atoms. The van der Waals surface area contributed by atoms with Gasteiger partial charge in [-0.1, -0.05) is 12.1 Å². The number of ether oxygens (including phenoxy) is 1. The molecule has 154 valence electrons. The second-order valence-electron chi connectivity index (χ2n) is 6.42. The van der Waals surface area contributed by atoms with Gasteiger partial charge in [0.2, 0.25) is 0 Å². The molecule has 3 aromatic carbocycles. The molecule has 0 aliphatic rings. The topological polar surface area (TPSA) is 105 Å². The first-order valence-electron chi connectivity index (χ1n) is 9.09. The average Bonchev–Trinajstić information content (AvgIpc) is 2.78. The number of nitriles is 1. The van der Waals surface area contributed by atoms with E-state index in [0.29, 0.717) is 17.0 Å². The molecular formula is C23H16FN3O4. The van der Waals surface area contributed by atoms with Crippen LogP contribution in [0.1, 0.15) is 11.1 Å². The molecule has 31 heavy (non-hydrogen) atoms. The smallest absolute Gasteiger partial charge is 0.269 e. The quantitative estimate of drug-likeness (QED) is 0.256. The van der Waals surface area contributed by atoms with Crippen LogP contribution in [-0.2, 0) is 11.4 Å². The van der Waals surface area contributed by atoms with E-state index in [1.165, 1.54) is 42.5 Å². The highest BCUT2D eigenvalue weighted by Gasteiger charge is 2.10. The van der Waals surface area contributed by atoms with E-state index in [2.05, 4.69) is 5.32 Å². The number of hydrogen-bond donors (Lipinski definition) is 1. The predicted octanol–water partition coefficient (Wildman–Crippen LogP) is 4.86. The highest BCUT2D eigenvalue weighted by atomic mass is 19.1. The van der Waals surface area contributed by atoms with Gasteiger partial charge in [-0.05, 0) is 65.7 Å². The molecule has 0 atom stereocenters. The number of benzene rings is 3. The highest BCUT2D eigenvalue weighted by molar-refractivity contribution is 6.09. The minimum absolute atomic E-state index is 0.00108. The van der Waals surface area contributed by atoms with Gasteiger partial charge in [-0.15, -0.1) is 0 Å².